The summed E-state index contributed by atoms with van der Waals surface area (Å²) in [6.45, 7) is -0.274. The zero-order valence-corrected chi connectivity index (χ0v) is 31.0. The third kappa shape index (κ3) is 9.11. The van der Waals surface area contributed by atoms with Gasteiger partial charge in [-0.2, -0.15) is 4.31 Å². The van der Waals surface area contributed by atoms with Crippen LogP contribution in [-0.4, -0.2) is 75.9 Å². The number of aliphatic hydroxyl groups is 1. The van der Waals surface area contributed by atoms with Crippen molar-refractivity contribution >= 4 is 33.2 Å². The fraction of sp³-hybridized carbons (Fsp3) is 0.317. The van der Waals surface area contributed by atoms with E-state index in [0.29, 0.717) is 42.9 Å². The van der Waals surface area contributed by atoms with Crippen molar-refractivity contribution in [3.05, 3.63) is 120 Å². The molecule has 2 unspecified atom stereocenters. The first-order chi connectivity index (χ1) is 26.2. The Labute approximate surface area is 316 Å². The number of methoxy groups -OCH3 is 1. The van der Waals surface area contributed by atoms with Gasteiger partial charge in [-0.1, -0.05) is 54.6 Å². The number of aliphatic hydroxyl groups excluding tert-OH is 1. The number of fused-ring (bicyclic) bond motifs is 3. The molecule has 13 heteroatoms. The summed E-state index contributed by atoms with van der Waals surface area (Å²) >= 11 is 0. The number of rotatable bonds is 17. The summed E-state index contributed by atoms with van der Waals surface area (Å²) < 4.78 is 45.5. The van der Waals surface area contributed by atoms with Crippen LogP contribution in [0.5, 0.6) is 5.75 Å². The van der Waals surface area contributed by atoms with Crippen molar-refractivity contribution in [3.8, 4) is 16.9 Å². The molecule has 54 heavy (non-hydrogen) atoms. The molecule has 2 aliphatic rings. The highest BCUT2D eigenvalue weighted by Crippen LogP contribution is 2.43. The van der Waals surface area contributed by atoms with Gasteiger partial charge in [-0.15, -0.1) is 0 Å². The Morgan fingerprint density at radius 3 is 2.48 bits per heavy atom. The number of anilines is 2. The highest BCUT2D eigenvalue weighted by molar-refractivity contribution is 7.89. The van der Waals surface area contributed by atoms with Crippen LogP contribution in [0, 0.1) is 0 Å². The molecule has 1 heterocycles. The molecule has 4 aromatic carbocycles. The van der Waals surface area contributed by atoms with Crippen molar-refractivity contribution in [1.82, 2.24) is 9.62 Å². The number of sulfonamides is 1. The zero-order chi connectivity index (χ0) is 38.1. The Morgan fingerprint density at radius 2 is 1.70 bits per heavy atom. The van der Waals surface area contributed by atoms with Crippen LogP contribution >= 0.6 is 0 Å². The van der Waals surface area contributed by atoms with Gasteiger partial charge in [-0.25, -0.2) is 8.42 Å². The number of nitrogens with one attached hydrogen (secondary N) is 2. The lowest BCUT2D eigenvalue weighted by atomic mass is 9.87. The average Bonchev–Trinajstić information content (AvgIpc) is 3.57. The summed E-state index contributed by atoms with van der Waals surface area (Å²) in [5.74, 6) is -0.158. The van der Waals surface area contributed by atoms with E-state index < -0.39 is 22.2 Å². The van der Waals surface area contributed by atoms with Crippen molar-refractivity contribution < 1.29 is 37.3 Å². The number of amides is 2. The Balaban J connectivity index is 1.12. The number of ether oxygens (including phenoxy) is 3. The molecule has 5 N–H and O–H groups in total. The number of nitrogens with zero attached hydrogens (tertiary/aromatic N) is 1. The quantitative estimate of drug-likeness (QED) is 0.0738. The van der Waals surface area contributed by atoms with E-state index in [9.17, 15) is 23.1 Å². The molecule has 6 rings (SSSR count). The number of benzene rings is 4. The molecule has 2 amide bonds. The van der Waals surface area contributed by atoms with Crippen LogP contribution < -0.4 is 21.1 Å². The summed E-state index contributed by atoms with van der Waals surface area (Å²) in [6, 6.07) is 27.6. The number of nitrogen functional groups attached to an aromatic ring is 1. The van der Waals surface area contributed by atoms with Crippen molar-refractivity contribution in [2.45, 2.75) is 49.2 Å². The van der Waals surface area contributed by atoms with E-state index in [1.165, 1.54) is 35.9 Å². The van der Waals surface area contributed by atoms with E-state index in [1.54, 1.807) is 36.4 Å². The fourth-order valence-electron chi connectivity index (χ4n) is 6.83. The smallest absolute Gasteiger partial charge is 0.286 e. The van der Waals surface area contributed by atoms with Gasteiger partial charge in [0.1, 0.15) is 5.75 Å². The molecule has 0 fully saturated rings. The molecule has 0 saturated carbocycles. The van der Waals surface area contributed by atoms with Crippen molar-refractivity contribution in [1.29, 1.82) is 0 Å². The molecule has 0 saturated heterocycles. The molecule has 0 aromatic heterocycles. The van der Waals surface area contributed by atoms with Crippen LogP contribution in [0.4, 0.5) is 11.4 Å². The molecule has 12 nitrogen and oxygen atoms in total. The molecule has 0 radical (unpaired) electrons. The van der Waals surface area contributed by atoms with E-state index >= 15 is 0 Å². The lowest BCUT2D eigenvalue weighted by molar-refractivity contribution is -0.146. The summed E-state index contributed by atoms with van der Waals surface area (Å²) in [6.07, 6.45) is 3.53. The maximum atomic E-state index is 13.5. The lowest BCUT2D eigenvalue weighted by Gasteiger charge is -2.31. The first-order valence-corrected chi connectivity index (χ1v) is 19.5. The molecular formula is C41H46N4O8S. The molecule has 1 aliphatic carbocycles. The zero-order valence-electron chi connectivity index (χ0n) is 30.2. The minimum Gasteiger partial charge on any atom is -0.497 e. The van der Waals surface area contributed by atoms with Crippen LogP contribution in [0.3, 0.4) is 0 Å². The maximum absolute atomic E-state index is 13.5. The largest absolute Gasteiger partial charge is 0.497 e. The van der Waals surface area contributed by atoms with E-state index in [1.807, 2.05) is 24.3 Å². The predicted octanol–water partition coefficient (Wildman–Crippen LogP) is 5.19. The number of hydrogen-bond donors (Lipinski definition) is 4. The Kier molecular flexibility index (Phi) is 12.7. The number of nitrogens with two attached hydrogens (primary N) is 1. The second kappa shape index (κ2) is 17.7. The highest BCUT2D eigenvalue weighted by atomic mass is 32.2. The molecule has 0 bridgehead atoms. The highest BCUT2D eigenvalue weighted by Gasteiger charge is 2.32. The van der Waals surface area contributed by atoms with Gasteiger partial charge in [0.2, 0.25) is 22.2 Å². The van der Waals surface area contributed by atoms with Gasteiger partial charge in [0.05, 0.1) is 36.6 Å². The summed E-state index contributed by atoms with van der Waals surface area (Å²) in [4.78, 5) is 26.0. The van der Waals surface area contributed by atoms with Crippen molar-refractivity contribution in [2.24, 2.45) is 0 Å². The lowest BCUT2D eigenvalue weighted by Crippen LogP contribution is -2.38. The SMILES string of the molecule is COc1ccc(S(=O)(=O)N(CCO)CCOC2CC(c3cccc4c3Cc3ccccc3-4)C=C(C(=O)NCCCCC(=O)Nc3ccccc3N)O2)cc1. The summed E-state index contributed by atoms with van der Waals surface area (Å²) in [5, 5.41) is 15.4. The van der Waals surface area contributed by atoms with E-state index in [-0.39, 0.29) is 55.2 Å². The van der Waals surface area contributed by atoms with Crippen LogP contribution in [0.15, 0.2) is 108 Å². The molecule has 2 atom stereocenters. The number of carbonyl (C=O) groups is 2. The van der Waals surface area contributed by atoms with Gasteiger partial charge in [-0.3, -0.25) is 9.59 Å². The van der Waals surface area contributed by atoms with Crippen LogP contribution in [0.25, 0.3) is 11.1 Å². The van der Waals surface area contributed by atoms with E-state index in [4.69, 9.17) is 19.9 Å². The Bertz CT molecular complexity index is 2090. The Morgan fingerprint density at radius 1 is 0.944 bits per heavy atom. The first-order valence-electron chi connectivity index (χ1n) is 18.1. The monoisotopic (exact) mass is 754 g/mol. The van der Waals surface area contributed by atoms with E-state index in [2.05, 4.69) is 34.9 Å². The number of carbonyl (C=O) groups excluding carboxylic acids is 2. The van der Waals surface area contributed by atoms with Gasteiger partial charge < -0.3 is 35.7 Å². The predicted molar refractivity (Wildman–Crippen MR) is 206 cm³/mol. The molecule has 1 aliphatic heterocycles. The minimum absolute atomic E-state index is 0.0449. The maximum Gasteiger partial charge on any atom is 0.286 e. The van der Waals surface area contributed by atoms with Crippen LogP contribution in [-0.2, 0) is 35.5 Å². The average molecular weight is 755 g/mol. The van der Waals surface area contributed by atoms with E-state index in [0.717, 1.165) is 21.9 Å². The fourth-order valence-corrected chi connectivity index (χ4v) is 8.25. The first kappa shape index (κ1) is 38.5. The second-order valence-electron chi connectivity index (χ2n) is 13.2. The number of unbranched alkanes of at least 4 members (excludes halogenated alkanes) is 1. The van der Waals surface area contributed by atoms with Crippen LogP contribution in [0.2, 0.25) is 0 Å². The van der Waals surface area contributed by atoms with Gasteiger partial charge in [-0.05, 0) is 89.6 Å². The standard InChI is InChI=1S/C41H46N4O8S/c1-51-30-16-18-31(19-17-30)54(49,50)45(21-23-46)22-24-52-40-27-29(33-11-8-12-34-32-10-3-2-9-28(32)25-35(33)34)26-38(53-40)41(48)43-20-7-6-15-39(47)44-37-14-5-4-13-36(37)42/h2-5,8-14,16-19,26,29,40,46H,6-7,15,20-25,27,42H2,1H3,(H,43,48)(H,44,47). The molecule has 4 aromatic rings. The number of hydrogen-bond acceptors (Lipinski definition) is 9. The third-order valence-electron chi connectivity index (χ3n) is 9.61. The Hall–Kier alpha value is -5.21. The van der Waals surface area contributed by atoms with Gasteiger partial charge >= 0.3 is 0 Å². The summed E-state index contributed by atoms with van der Waals surface area (Å²) in [7, 11) is -2.45. The minimum atomic E-state index is -3.95. The van der Waals surface area contributed by atoms with Gasteiger partial charge in [0.25, 0.3) is 5.91 Å². The summed E-state index contributed by atoms with van der Waals surface area (Å²) in [5.41, 5.74) is 12.8. The molecule has 284 valence electrons. The topological polar surface area (TPSA) is 170 Å². The second-order valence-corrected chi connectivity index (χ2v) is 15.1. The normalized spacial score (nSPS) is 16.2. The van der Waals surface area contributed by atoms with Crippen LogP contribution in [0.1, 0.15) is 48.3 Å². The molecular weight excluding hydrogens is 709 g/mol. The molecule has 0 spiro atoms. The van der Waals surface area contributed by atoms with Gasteiger partial charge in [0, 0.05) is 38.4 Å². The van der Waals surface area contributed by atoms with Crippen molar-refractivity contribution in [2.75, 3.05) is 51.0 Å². The number of allylic oxidation sites excluding steroid dienone is 1. The van der Waals surface area contributed by atoms with Gasteiger partial charge in [0.15, 0.2) is 5.76 Å². The number of para-hydroxylation sites is 2. The van der Waals surface area contributed by atoms with Crippen molar-refractivity contribution in [3.63, 3.8) is 0 Å². The third-order valence-corrected chi connectivity index (χ3v) is 11.5.